The molecular formula is C60H77ClN4O2. The number of nitrogens with one attached hydrogen (secondary N) is 1. The van der Waals surface area contributed by atoms with Crippen LogP contribution < -0.4 is 11.1 Å². The predicted molar refractivity (Wildman–Crippen MR) is 274 cm³/mol. The molecule has 6 nitrogen and oxygen atoms in total. The van der Waals surface area contributed by atoms with Gasteiger partial charge in [-0.25, -0.2) is 0 Å². The Morgan fingerprint density at radius 1 is 0.567 bits per heavy atom. The van der Waals surface area contributed by atoms with Crippen molar-refractivity contribution < 1.29 is 9.59 Å². The smallest absolute Gasteiger partial charge is 0.224 e. The van der Waals surface area contributed by atoms with Gasteiger partial charge in [-0.15, -0.1) is 0 Å². The van der Waals surface area contributed by atoms with E-state index in [4.69, 9.17) is 17.3 Å². The van der Waals surface area contributed by atoms with Crippen LogP contribution in [0.2, 0.25) is 0 Å². The van der Waals surface area contributed by atoms with E-state index in [-0.39, 0.29) is 22.0 Å². The Kier molecular flexibility index (Phi) is 12.6. The van der Waals surface area contributed by atoms with Crippen LogP contribution in [0.3, 0.4) is 0 Å². The van der Waals surface area contributed by atoms with Gasteiger partial charge < -0.3 is 11.1 Å². The molecule has 4 aromatic rings. The number of carbonyl (C=O) groups is 2. The number of hydrogen-bond donors (Lipinski definition) is 2. The lowest BCUT2D eigenvalue weighted by atomic mass is 9.40. The minimum atomic E-state index is -0.117. The largest absolute Gasteiger partial charge is 0.398 e. The van der Waals surface area contributed by atoms with Gasteiger partial charge in [0.1, 0.15) is 0 Å². The van der Waals surface area contributed by atoms with Gasteiger partial charge in [-0.2, -0.15) is 0 Å². The summed E-state index contributed by atoms with van der Waals surface area (Å²) in [6.07, 6.45) is 19.2. The number of nitrogens with two attached hydrogens (primary N) is 1. The number of halogens is 1. The van der Waals surface area contributed by atoms with Gasteiger partial charge in [-0.3, -0.25) is 19.4 Å². The molecule has 8 bridgehead atoms. The second kappa shape index (κ2) is 18.1. The number of amides is 1. The summed E-state index contributed by atoms with van der Waals surface area (Å²) < 4.78 is 0. The maximum atomic E-state index is 13.4. The predicted octanol–water partition coefficient (Wildman–Crippen LogP) is 13.5. The van der Waals surface area contributed by atoms with Crippen molar-refractivity contribution in [1.82, 2.24) is 9.80 Å². The maximum Gasteiger partial charge on any atom is 0.224 e. The third-order valence-electron chi connectivity index (χ3n) is 18.0. The lowest BCUT2D eigenvalue weighted by molar-refractivity contribution is -0.154. The summed E-state index contributed by atoms with van der Waals surface area (Å²) in [6.45, 7) is 16.0. The fourth-order valence-electron chi connectivity index (χ4n) is 18.0. The highest BCUT2D eigenvalue weighted by atomic mass is 35.5. The molecule has 8 aliphatic carbocycles. The molecule has 8 saturated carbocycles. The zero-order valence-electron chi connectivity index (χ0n) is 41.1. The number of carbonyl (C=O) groups excluding carboxylic acids is 2. The van der Waals surface area contributed by atoms with E-state index in [1.807, 2.05) is 6.07 Å². The molecule has 10 aliphatic rings. The summed E-state index contributed by atoms with van der Waals surface area (Å²) in [4.78, 5) is 29.7. The number of nitrogen functional groups attached to an aromatic ring is 1. The average Bonchev–Trinajstić information content (AvgIpc) is 3.22. The third kappa shape index (κ3) is 10.5. The van der Waals surface area contributed by atoms with Crippen LogP contribution in [0.15, 0.2) is 97.1 Å². The molecule has 356 valence electrons. The topological polar surface area (TPSA) is 78.7 Å². The van der Waals surface area contributed by atoms with Gasteiger partial charge >= 0.3 is 0 Å². The molecule has 3 N–H and O–H groups in total. The van der Waals surface area contributed by atoms with Gasteiger partial charge in [-0.1, -0.05) is 113 Å². The van der Waals surface area contributed by atoms with E-state index in [0.717, 1.165) is 75.3 Å². The van der Waals surface area contributed by atoms with Gasteiger partial charge in [0, 0.05) is 63.5 Å². The average molecular weight is 922 g/mol. The third-order valence-corrected chi connectivity index (χ3v) is 18.2. The first-order valence-corrected chi connectivity index (χ1v) is 26.3. The van der Waals surface area contributed by atoms with Crippen molar-refractivity contribution in [2.75, 3.05) is 24.1 Å². The molecule has 7 heteroatoms. The molecule has 2 aliphatic heterocycles. The van der Waals surface area contributed by atoms with Gasteiger partial charge in [0.2, 0.25) is 11.1 Å². The van der Waals surface area contributed by atoms with E-state index < -0.39 is 0 Å². The Balaban J connectivity index is 0.000000130. The molecule has 0 spiro atoms. The van der Waals surface area contributed by atoms with Crippen molar-refractivity contribution in [3.63, 3.8) is 0 Å². The van der Waals surface area contributed by atoms with E-state index in [0.29, 0.717) is 34.5 Å². The maximum absolute atomic E-state index is 13.4. The summed E-state index contributed by atoms with van der Waals surface area (Å²) in [6, 6.07) is 34.1. The Morgan fingerprint density at radius 3 is 1.49 bits per heavy atom. The summed E-state index contributed by atoms with van der Waals surface area (Å²) in [7, 11) is 0. The molecule has 1 amide bonds. The Hall–Kier alpha value is -3.97. The number of benzene rings is 4. The normalized spacial score (nSPS) is 34.2. The first-order valence-electron chi connectivity index (χ1n) is 25.9. The van der Waals surface area contributed by atoms with Crippen LogP contribution in [0, 0.1) is 44.3 Å². The lowest BCUT2D eigenvalue weighted by Crippen LogP contribution is -2.55. The minimum Gasteiger partial charge on any atom is -0.398 e. The summed E-state index contributed by atoms with van der Waals surface area (Å²) in [5.74, 6) is 1.94. The lowest BCUT2D eigenvalue weighted by Gasteiger charge is -2.65. The fourth-order valence-corrected chi connectivity index (χ4v) is 18.3. The van der Waals surface area contributed by atoms with Crippen LogP contribution >= 0.6 is 11.6 Å². The van der Waals surface area contributed by atoms with Gasteiger partial charge in [-0.05, 0) is 191 Å². The van der Waals surface area contributed by atoms with Crippen LogP contribution in [-0.2, 0) is 48.6 Å². The number of fused-ring (bicyclic) bond motifs is 2. The summed E-state index contributed by atoms with van der Waals surface area (Å²) in [5.41, 5.74) is 18.6. The van der Waals surface area contributed by atoms with Crippen molar-refractivity contribution in [3.05, 3.63) is 130 Å². The van der Waals surface area contributed by atoms with Crippen molar-refractivity contribution in [2.24, 2.45) is 44.3 Å². The zero-order valence-corrected chi connectivity index (χ0v) is 41.9. The standard InChI is InChI=1S/C30H38N2O.C16H18N2.C14H21ClO/c1-28-13-23-14-29(2,19-28)21-30(15-23,20-28)16-27(33)31-26-10-6-9-24-18-32(12-11-25(24)26)17-22-7-4-3-5-8-22;17-16-8-4-7-14-12-18(10-9-15(14)16)11-13-5-2-1-3-6-13;1-12-3-10-4-13(2,7-12)9-14(5-10,8-12)6-11(15)16/h3-10,23H,11-21H2,1-2H3,(H,31,33);1-8H,9-12,17H2;10H,3-9H2,1-2H3. The first kappa shape index (κ1) is 46.7. The van der Waals surface area contributed by atoms with Crippen LogP contribution in [0.25, 0.3) is 0 Å². The Morgan fingerprint density at radius 2 is 1.01 bits per heavy atom. The molecule has 0 aromatic heterocycles. The van der Waals surface area contributed by atoms with E-state index in [9.17, 15) is 9.59 Å². The number of anilines is 2. The van der Waals surface area contributed by atoms with Crippen molar-refractivity contribution in [3.8, 4) is 0 Å². The van der Waals surface area contributed by atoms with Gasteiger partial charge in [0.05, 0.1) is 0 Å². The van der Waals surface area contributed by atoms with Crippen LogP contribution in [-0.4, -0.2) is 34.0 Å². The molecule has 8 fully saturated rings. The molecule has 0 radical (unpaired) electrons. The molecule has 4 unspecified atom stereocenters. The Labute approximate surface area is 407 Å². The molecule has 0 saturated heterocycles. The molecule has 4 aromatic carbocycles. The molecular weight excluding hydrogens is 844 g/mol. The molecule has 2 heterocycles. The summed E-state index contributed by atoms with van der Waals surface area (Å²) >= 11 is 5.67. The van der Waals surface area contributed by atoms with Crippen molar-refractivity contribution >= 4 is 34.1 Å². The molecule has 4 atom stereocenters. The highest BCUT2D eigenvalue weighted by Crippen LogP contribution is 2.71. The quantitative estimate of drug-likeness (QED) is 0.129. The summed E-state index contributed by atoms with van der Waals surface area (Å²) in [5, 5.41) is 3.26. The van der Waals surface area contributed by atoms with Crippen molar-refractivity contribution in [2.45, 2.75) is 157 Å². The zero-order chi connectivity index (χ0) is 46.7. The number of hydrogen-bond acceptors (Lipinski definition) is 5. The highest BCUT2D eigenvalue weighted by Gasteiger charge is 2.61. The van der Waals surface area contributed by atoms with Crippen LogP contribution in [0.4, 0.5) is 11.4 Å². The minimum absolute atomic E-state index is 0.117. The molecule has 67 heavy (non-hydrogen) atoms. The second-order valence-corrected chi connectivity index (χ2v) is 25.8. The Bertz CT molecular complexity index is 2420. The van der Waals surface area contributed by atoms with Crippen LogP contribution in [0.1, 0.15) is 151 Å². The van der Waals surface area contributed by atoms with E-state index in [1.165, 1.54) is 110 Å². The second-order valence-electron chi connectivity index (χ2n) is 25.3. The van der Waals surface area contributed by atoms with E-state index in [2.05, 4.69) is 134 Å². The van der Waals surface area contributed by atoms with E-state index in [1.54, 1.807) is 0 Å². The van der Waals surface area contributed by atoms with Crippen LogP contribution in [0.5, 0.6) is 0 Å². The number of nitrogens with zero attached hydrogens (tertiary/aromatic N) is 2. The van der Waals surface area contributed by atoms with E-state index >= 15 is 0 Å². The van der Waals surface area contributed by atoms with Gasteiger partial charge in [0.25, 0.3) is 0 Å². The fraction of sp³-hybridized carbons (Fsp3) is 0.567. The first-order chi connectivity index (χ1) is 32.0. The number of rotatable bonds is 9. The monoisotopic (exact) mass is 921 g/mol. The van der Waals surface area contributed by atoms with Gasteiger partial charge in [0.15, 0.2) is 0 Å². The SMILES string of the molecule is CC12CC3CC(C)(C1)CC(CC(=O)Cl)(C3)C2.CC12CC3CC(C)(C1)CC(CC(=O)Nc1cccc4c1CCN(Cc1ccccc1)C4)(C3)C2.Nc1cccc2c1CCN(Cc1ccccc1)C2. The van der Waals surface area contributed by atoms with Crippen molar-refractivity contribution in [1.29, 1.82) is 0 Å². The molecule has 14 rings (SSSR count). The highest BCUT2D eigenvalue weighted by molar-refractivity contribution is 6.63.